The van der Waals surface area contributed by atoms with Crippen LogP contribution in [-0.2, 0) is 0 Å². The summed E-state index contributed by atoms with van der Waals surface area (Å²) < 4.78 is 8.65. The summed E-state index contributed by atoms with van der Waals surface area (Å²) in [5.41, 5.74) is 18.2. The first-order chi connectivity index (χ1) is 30.7. The monoisotopic (exact) mass is 851 g/mol. The second-order valence-electron chi connectivity index (χ2n) is 21.2. The number of nitrogens with zero attached hydrogens (tertiary/aromatic N) is 2. The molecule has 1 aliphatic carbocycles. The Bertz CT molecular complexity index is 2750. The molecule has 6 unspecified atom stereocenters. The minimum atomic E-state index is 0.262. The van der Waals surface area contributed by atoms with Crippen LogP contribution in [0.25, 0.3) is 38.6 Å². The number of aryl methyl sites for hydroxylation is 1. The second-order valence-corrected chi connectivity index (χ2v) is 21.2. The Labute approximate surface area is 385 Å². The summed E-state index contributed by atoms with van der Waals surface area (Å²) in [7, 11) is 2.47. The van der Waals surface area contributed by atoms with Crippen LogP contribution >= 0.6 is 0 Å². The lowest BCUT2D eigenvalue weighted by Gasteiger charge is -2.53. The fourth-order valence-corrected chi connectivity index (χ4v) is 12.7. The largest absolute Gasteiger partial charge is 0.450 e. The van der Waals surface area contributed by atoms with Crippen LogP contribution in [0, 0.1) is 18.3 Å². The first kappa shape index (κ1) is 44.3. The van der Waals surface area contributed by atoms with Crippen LogP contribution in [0.15, 0.2) is 138 Å². The topological polar surface area (TPSA) is 13.1 Å². The Morgan fingerprint density at radius 1 is 0.750 bits per heavy atom. The van der Waals surface area contributed by atoms with E-state index in [1.54, 1.807) is 11.1 Å². The standard InChI is InChI=1S/C61H74N2O/c1-12-61(13-2)32-31-46(29-27-42(7)44(9)58-54(40(3)4)35-48(36-55(58)41(5)6)47-21-15-14-16-22-47)45(10)50-23-17-18-24-51(50)49(38-61)37-57-62(11)33-34-63(57,39-62)59-43(8)28-30-53-52-25-19-20-26-56(52)64-60(53)59/h14-30,33-36,40-42,44,49,57H,12-13,31-32,37-39H2,1-11H3/q+2. The van der Waals surface area contributed by atoms with Crippen LogP contribution in [0.5, 0.6) is 0 Å². The first-order valence-corrected chi connectivity index (χ1v) is 24.8. The summed E-state index contributed by atoms with van der Waals surface area (Å²) >= 11 is 0. The molecule has 0 saturated carbocycles. The van der Waals surface area contributed by atoms with Gasteiger partial charge in [0.25, 0.3) is 0 Å². The molecule has 1 saturated heterocycles. The quantitative estimate of drug-likeness (QED) is 0.112. The number of hydrogen-bond donors (Lipinski definition) is 0. The second kappa shape index (κ2) is 17.1. The van der Waals surface area contributed by atoms with Crippen molar-refractivity contribution < 1.29 is 8.90 Å². The maximum atomic E-state index is 6.81. The van der Waals surface area contributed by atoms with E-state index in [-0.39, 0.29) is 5.41 Å². The molecule has 5 aromatic carbocycles. The number of para-hydroxylation sites is 1. The van der Waals surface area contributed by atoms with Crippen LogP contribution in [0.3, 0.4) is 0 Å². The van der Waals surface area contributed by atoms with Gasteiger partial charge in [0, 0.05) is 16.3 Å². The number of rotatable bonds is 12. The highest BCUT2D eigenvalue weighted by Gasteiger charge is 2.70. The molecule has 2 bridgehead atoms. The zero-order chi connectivity index (χ0) is 45.1. The van der Waals surface area contributed by atoms with E-state index in [0.29, 0.717) is 35.8 Å². The molecule has 4 aliphatic rings. The van der Waals surface area contributed by atoms with Crippen molar-refractivity contribution in [2.45, 2.75) is 138 Å². The zero-order valence-electron chi connectivity index (χ0n) is 40.8. The van der Waals surface area contributed by atoms with Crippen molar-refractivity contribution >= 4 is 33.2 Å². The number of quaternary nitrogens is 2. The molecule has 3 heteroatoms. The molecular formula is C61H74N2O+2. The van der Waals surface area contributed by atoms with E-state index in [9.17, 15) is 0 Å². The molecule has 10 rings (SSSR count). The number of allylic oxidation sites excluding steroid dienone is 4. The molecule has 3 aliphatic heterocycles. The Morgan fingerprint density at radius 3 is 2.11 bits per heavy atom. The molecule has 332 valence electrons. The number of fused-ring (bicyclic) bond motifs is 4. The van der Waals surface area contributed by atoms with Gasteiger partial charge in [-0.15, -0.1) is 0 Å². The number of furan rings is 1. The summed E-state index contributed by atoms with van der Waals surface area (Å²) in [5.74, 6) is 2.09. The van der Waals surface area contributed by atoms with Crippen LogP contribution in [0.1, 0.15) is 158 Å². The maximum absolute atomic E-state index is 6.81. The third kappa shape index (κ3) is 7.45. The lowest BCUT2D eigenvalue weighted by molar-refractivity contribution is -0.944. The highest BCUT2D eigenvalue weighted by molar-refractivity contribution is 6.09. The van der Waals surface area contributed by atoms with Gasteiger partial charge in [0.1, 0.15) is 5.58 Å². The van der Waals surface area contributed by atoms with Crippen molar-refractivity contribution in [3.8, 4) is 11.1 Å². The molecule has 0 radical (unpaired) electrons. The molecular weight excluding hydrogens is 777 g/mol. The highest BCUT2D eigenvalue weighted by Crippen LogP contribution is 2.56. The van der Waals surface area contributed by atoms with Crippen molar-refractivity contribution in [3.63, 3.8) is 0 Å². The number of hydrogen-bond acceptors (Lipinski definition) is 1. The van der Waals surface area contributed by atoms with Crippen LogP contribution in [-0.4, -0.2) is 24.4 Å². The van der Waals surface area contributed by atoms with Crippen molar-refractivity contribution in [1.29, 1.82) is 0 Å². The smallest absolute Gasteiger partial charge is 0.239 e. The molecule has 3 nitrogen and oxygen atoms in total. The molecule has 4 heterocycles. The molecule has 64 heavy (non-hydrogen) atoms. The average molecular weight is 851 g/mol. The van der Waals surface area contributed by atoms with E-state index in [1.807, 2.05) is 0 Å². The lowest BCUT2D eigenvalue weighted by Crippen LogP contribution is -2.77. The summed E-state index contributed by atoms with van der Waals surface area (Å²) in [5, 5.41) is 2.45. The Morgan fingerprint density at radius 2 is 1.42 bits per heavy atom. The van der Waals surface area contributed by atoms with E-state index in [4.69, 9.17) is 4.42 Å². The summed E-state index contributed by atoms with van der Waals surface area (Å²) in [4.78, 5) is 0. The van der Waals surface area contributed by atoms with Gasteiger partial charge in [-0.05, 0) is 130 Å². The molecule has 1 aromatic heterocycles. The number of benzene rings is 5. The third-order valence-electron chi connectivity index (χ3n) is 16.9. The molecule has 0 spiro atoms. The van der Waals surface area contributed by atoms with Gasteiger partial charge in [0.05, 0.1) is 13.5 Å². The average Bonchev–Trinajstić information content (AvgIpc) is 3.96. The van der Waals surface area contributed by atoms with Crippen LogP contribution in [0.4, 0.5) is 5.69 Å². The van der Waals surface area contributed by atoms with Gasteiger partial charge in [-0.1, -0.05) is 171 Å². The highest BCUT2D eigenvalue weighted by atomic mass is 16.3. The van der Waals surface area contributed by atoms with Gasteiger partial charge in [0.2, 0.25) is 12.8 Å². The lowest BCUT2D eigenvalue weighted by atomic mass is 9.69. The van der Waals surface area contributed by atoms with Crippen molar-refractivity contribution in [2.75, 3.05) is 13.7 Å². The van der Waals surface area contributed by atoms with Gasteiger partial charge in [-0.25, -0.2) is 0 Å². The normalized spacial score (nSPS) is 24.0. The Hall–Kier alpha value is -4.96. The molecule has 6 atom stereocenters. The van der Waals surface area contributed by atoms with Crippen molar-refractivity contribution in [2.24, 2.45) is 11.3 Å². The van der Waals surface area contributed by atoms with Gasteiger partial charge in [0.15, 0.2) is 23.7 Å². The molecule has 0 amide bonds. The van der Waals surface area contributed by atoms with Crippen molar-refractivity contribution in [1.82, 2.24) is 4.48 Å². The van der Waals surface area contributed by atoms with E-state index < -0.39 is 0 Å². The van der Waals surface area contributed by atoms with Gasteiger partial charge in [-0.2, -0.15) is 8.97 Å². The SMILES string of the molecule is CCC1(CC)CCC(C=CC(C)C(C)c2c(C(C)C)cc(-c3ccccc3)cc2C(C)C)=C(C)c2ccccc2C(CC2[N+]3(C)C=C[N+]2(c2c(C)ccc4c2oc2ccccc24)C3)C1. The summed E-state index contributed by atoms with van der Waals surface area (Å²) in [6, 6.07) is 38.7. The van der Waals surface area contributed by atoms with E-state index in [2.05, 4.69) is 204 Å². The van der Waals surface area contributed by atoms with Crippen LogP contribution < -0.4 is 4.48 Å². The fourth-order valence-electron chi connectivity index (χ4n) is 12.7. The summed E-state index contributed by atoms with van der Waals surface area (Å²) in [6.07, 6.45) is 17.6. The van der Waals surface area contributed by atoms with Gasteiger partial charge >= 0.3 is 0 Å². The predicted molar refractivity (Wildman–Crippen MR) is 274 cm³/mol. The fraction of sp³-hybridized carbons (Fsp3) is 0.410. The predicted octanol–water partition coefficient (Wildman–Crippen LogP) is 17.3. The Kier molecular flexibility index (Phi) is 11.8. The van der Waals surface area contributed by atoms with Gasteiger partial charge < -0.3 is 4.42 Å². The Balaban J connectivity index is 1.08. The first-order valence-electron chi connectivity index (χ1n) is 24.8. The minimum Gasteiger partial charge on any atom is -0.450 e. The summed E-state index contributed by atoms with van der Waals surface area (Å²) in [6.45, 7) is 25.2. The third-order valence-corrected chi connectivity index (χ3v) is 16.9. The minimum absolute atomic E-state index is 0.262. The molecule has 6 aromatic rings. The van der Waals surface area contributed by atoms with Crippen LogP contribution in [0.2, 0.25) is 0 Å². The van der Waals surface area contributed by atoms with E-state index >= 15 is 0 Å². The van der Waals surface area contributed by atoms with E-state index in [1.165, 1.54) is 86.7 Å². The zero-order valence-corrected chi connectivity index (χ0v) is 40.8. The molecule has 1 fully saturated rings. The van der Waals surface area contributed by atoms with Crippen molar-refractivity contribution in [3.05, 3.63) is 167 Å². The van der Waals surface area contributed by atoms with Gasteiger partial charge in [-0.3, -0.25) is 0 Å². The van der Waals surface area contributed by atoms with E-state index in [0.717, 1.165) is 39.6 Å². The maximum Gasteiger partial charge on any atom is 0.239 e. The molecule has 0 N–H and O–H groups in total.